The van der Waals surface area contributed by atoms with E-state index in [9.17, 15) is 21.9 Å². The standard InChI is InChI=1S/C33H47N3O6S2/c1-32(2,37)19-20-42-33(3,4)34-31-29-21-25(43(38,39)35-23-11-7-5-8-12-23)15-17-27(29)28-18-16-26(22-30(28)31)44(40,41)36-24-13-9-6-10-14-24/h15-18,21-24,35-37H,5-14,19-20H2,1-4H3. The lowest BCUT2D eigenvalue weighted by Crippen LogP contribution is -2.36. The zero-order valence-electron chi connectivity index (χ0n) is 26.4. The molecule has 0 aromatic heterocycles. The van der Waals surface area contributed by atoms with E-state index in [0.717, 1.165) is 75.3 Å². The number of fused-ring (bicyclic) bond motifs is 3. The fraction of sp³-hybridized carbons (Fsp3) is 0.606. The number of hydrogen-bond acceptors (Lipinski definition) is 7. The van der Waals surface area contributed by atoms with Gasteiger partial charge < -0.3 is 9.84 Å². The van der Waals surface area contributed by atoms with Crippen molar-refractivity contribution in [3.05, 3.63) is 47.5 Å². The summed E-state index contributed by atoms with van der Waals surface area (Å²) in [6.45, 7) is 7.29. The quantitative estimate of drug-likeness (QED) is 0.247. The molecule has 3 N–H and O–H groups in total. The Morgan fingerprint density at radius 3 is 1.57 bits per heavy atom. The van der Waals surface area contributed by atoms with Crippen LogP contribution in [0.4, 0.5) is 0 Å². The summed E-state index contributed by atoms with van der Waals surface area (Å²) in [6, 6.07) is 9.89. The zero-order valence-corrected chi connectivity index (χ0v) is 28.0. The van der Waals surface area contributed by atoms with Crippen molar-refractivity contribution >= 4 is 25.8 Å². The van der Waals surface area contributed by atoms with Gasteiger partial charge >= 0.3 is 0 Å². The molecule has 5 rings (SSSR count). The van der Waals surface area contributed by atoms with Crippen molar-refractivity contribution in [2.45, 2.75) is 132 Å². The van der Waals surface area contributed by atoms with Crippen molar-refractivity contribution in [2.75, 3.05) is 6.61 Å². The van der Waals surface area contributed by atoms with Crippen LogP contribution < -0.4 is 9.44 Å². The van der Waals surface area contributed by atoms with Gasteiger partial charge in [-0.25, -0.2) is 26.3 Å². The molecule has 11 heteroatoms. The first kappa shape index (κ1) is 33.2. The number of aliphatic imine (C=N–C) groups is 1. The van der Waals surface area contributed by atoms with Crippen LogP contribution >= 0.6 is 0 Å². The second kappa shape index (κ2) is 12.9. The van der Waals surface area contributed by atoms with Gasteiger partial charge in [-0.05, 0) is 95.2 Å². The van der Waals surface area contributed by atoms with Crippen LogP contribution in [-0.2, 0) is 24.8 Å². The van der Waals surface area contributed by atoms with Gasteiger partial charge in [-0.3, -0.25) is 4.99 Å². The molecule has 0 spiro atoms. The van der Waals surface area contributed by atoms with Crippen molar-refractivity contribution in [3.63, 3.8) is 0 Å². The lowest BCUT2D eigenvalue weighted by Gasteiger charge is -2.25. The second-order valence-corrected chi connectivity index (χ2v) is 17.1. The van der Waals surface area contributed by atoms with Crippen LogP contribution in [0.2, 0.25) is 0 Å². The number of ether oxygens (including phenoxy) is 1. The Kier molecular flexibility index (Phi) is 9.76. The van der Waals surface area contributed by atoms with Crippen LogP contribution in [0.15, 0.2) is 51.2 Å². The number of sulfonamides is 2. The first-order valence-corrected chi connectivity index (χ1v) is 18.9. The first-order chi connectivity index (χ1) is 20.6. The van der Waals surface area contributed by atoms with Gasteiger partial charge in [0.2, 0.25) is 20.0 Å². The summed E-state index contributed by atoms with van der Waals surface area (Å²) >= 11 is 0. The summed E-state index contributed by atoms with van der Waals surface area (Å²) < 4.78 is 65.8. The van der Waals surface area contributed by atoms with Crippen molar-refractivity contribution in [2.24, 2.45) is 4.99 Å². The van der Waals surface area contributed by atoms with Crippen molar-refractivity contribution < 1.29 is 26.7 Å². The molecular formula is C33H47N3O6S2. The number of aliphatic hydroxyl groups is 1. The van der Waals surface area contributed by atoms with Gasteiger partial charge in [0.05, 0.1) is 27.7 Å². The highest BCUT2D eigenvalue weighted by molar-refractivity contribution is 7.89. The van der Waals surface area contributed by atoms with Crippen molar-refractivity contribution in [1.29, 1.82) is 0 Å². The molecule has 0 radical (unpaired) electrons. The molecule has 0 heterocycles. The highest BCUT2D eigenvalue weighted by atomic mass is 32.2. The maximum absolute atomic E-state index is 13.5. The molecule has 0 amide bonds. The number of hydrogen-bond donors (Lipinski definition) is 3. The van der Waals surface area contributed by atoms with Crippen LogP contribution in [0.5, 0.6) is 0 Å². The van der Waals surface area contributed by atoms with Gasteiger partial charge in [-0.15, -0.1) is 0 Å². The monoisotopic (exact) mass is 645 g/mol. The van der Waals surface area contributed by atoms with Gasteiger partial charge in [-0.2, -0.15) is 0 Å². The van der Waals surface area contributed by atoms with Crippen LogP contribution in [0.1, 0.15) is 109 Å². The third kappa shape index (κ3) is 7.97. The van der Waals surface area contributed by atoms with E-state index < -0.39 is 31.4 Å². The number of benzene rings is 2. The molecule has 2 aromatic carbocycles. The Bertz CT molecular complexity index is 1500. The van der Waals surface area contributed by atoms with E-state index in [1.54, 1.807) is 64.1 Å². The minimum atomic E-state index is -3.78. The summed E-state index contributed by atoms with van der Waals surface area (Å²) in [6.07, 6.45) is 9.97. The van der Waals surface area contributed by atoms with E-state index in [-0.39, 0.29) is 28.5 Å². The van der Waals surface area contributed by atoms with Crippen LogP contribution in [0.3, 0.4) is 0 Å². The summed E-state index contributed by atoms with van der Waals surface area (Å²) in [5.41, 5.74) is 1.33. The number of nitrogens with one attached hydrogen (secondary N) is 2. The highest BCUT2D eigenvalue weighted by Crippen LogP contribution is 2.40. The summed E-state index contributed by atoms with van der Waals surface area (Å²) in [5.74, 6) is 0. The smallest absolute Gasteiger partial charge is 0.240 e. The average Bonchev–Trinajstić information content (AvgIpc) is 3.24. The maximum atomic E-state index is 13.5. The molecular weight excluding hydrogens is 599 g/mol. The van der Waals surface area contributed by atoms with Crippen LogP contribution in [-0.4, -0.2) is 57.7 Å². The zero-order chi connectivity index (χ0) is 31.8. The molecule has 2 aromatic rings. The van der Waals surface area contributed by atoms with E-state index in [4.69, 9.17) is 9.73 Å². The average molecular weight is 646 g/mol. The third-order valence-corrected chi connectivity index (χ3v) is 11.8. The first-order valence-electron chi connectivity index (χ1n) is 15.9. The fourth-order valence-corrected chi connectivity index (χ4v) is 9.04. The largest absolute Gasteiger partial charge is 0.390 e. The van der Waals surface area contributed by atoms with Crippen LogP contribution in [0, 0.1) is 0 Å². The molecule has 3 aliphatic carbocycles. The third-order valence-electron chi connectivity index (χ3n) is 8.81. The van der Waals surface area contributed by atoms with Gasteiger partial charge in [-0.1, -0.05) is 50.7 Å². The predicted octanol–water partition coefficient (Wildman–Crippen LogP) is 5.64. The second-order valence-electron chi connectivity index (χ2n) is 13.6. The number of rotatable bonds is 11. The van der Waals surface area contributed by atoms with Gasteiger partial charge in [0.15, 0.2) is 5.72 Å². The molecule has 0 aliphatic heterocycles. The molecule has 0 bridgehead atoms. The van der Waals surface area contributed by atoms with Gasteiger partial charge in [0.25, 0.3) is 0 Å². The highest BCUT2D eigenvalue weighted by Gasteiger charge is 2.33. The van der Waals surface area contributed by atoms with Crippen molar-refractivity contribution in [3.8, 4) is 11.1 Å². The molecule has 242 valence electrons. The molecule has 2 saturated carbocycles. The predicted molar refractivity (Wildman–Crippen MR) is 173 cm³/mol. The van der Waals surface area contributed by atoms with Gasteiger partial charge in [0, 0.05) is 23.2 Å². The Morgan fingerprint density at radius 2 is 1.16 bits per heavy atom. The molecule has 0 saturated heterocycles. The molecule has 0 atom stereocenters. The van der Waals surface area contributed by atoms with E-state index in [1.165, 1.54) is 0 Å². The number of nitrogens with zero attached hydrogens (tertiary/aromatic N) is 1. The van der Waals surface area contributed by atoms with Crippen molar-refractivity contribution in [1.82, 2.24) is 9.44 Å². The topological polar surface area (TPSA) is 134 Å². The summed E-state index contributed by atoms with van der Waals surface area (Å²) in [4.78, 5) is 5.27. The van der Waals surface area contributed by atoms with Gasteiger partial charge in [0.1, 0.15) is 0 Å². The Labute approximate surface area is 263 Å². The maximum Gasteiger partial charge on any atom is 0.240 e. The van der Waals surface area contributed by atoms with E-state index >= 15 is 0 Å². The molecule has 0 unspecified atom stereocenters. The SMILES string of the molecule is CC(C)(O)CCOC(C)(C)N=C1c2cc(S(=O)(=O)NC3CCCCC3)ccc2-c2ccc(S(=O)(=O)NC3CCCCC3)cc21. The van der Waals surface area contributed by atoms with E-state index in [2.05, 4.69) is 9.44 Å². The minimum absolute atomic E-state index is 0.0834. The fourth-order valence-electron chi connectivity index (χ4n) is 6.38. The molecule has 44 heavy (non-hydrogen) atoms. The molecule has 3 aliphatic rings. The Hall–Kier alpha value is -2.15. The Balaban J connectivity index is 1.53. The van der Waals surface area contributed by atoms with E-state index in [1.807, 2.05) is 0 Å². The molecule has 9 nitrogen and oxygen atoms in total. The summed E-state index contributed by atoms with van der Waals surface area (Å²) in [5, 5.41) is 10.2. The molecule has 2 fully saturated rings. The lowest BCUT2D eigenvalue weighted by molar-refractivity contribution is -0.0406. The Morgan fingerprint density at radius 1 is 0.727 bits per heavy atom. The van der Waals surface area contributed by atoms with E-state index in [0.29, 0.717) is 23.3 Å². The normalized spacial score (nSPS) is 18.7. The van der Waals surface area contributed by atoms with Crippen LogP contribution in [0.25, 0.3) is 11.1 Å². The minimum Gasteiger partial charge on any atom is -0.390 e. The summed E-state index contributed by atoms with van der Waals surface area (Å²) in [7, 11) is -7.57. The lowest BCUT2D eigenvalue weighted by atomic mass is 9.96.